The molecule has 0 radical (unpaired) electrons. The minimum absolute atomic E-state index is 0.0196. The minimum atomic E-state index is -0.0196. The van der Waals surface area contributed by atoms with Gasteiger partial charge in [-0.3, -0.25) is 4.79 Å². The molecule has 6 heteroatoms. The van der Waals surface area contributed by atoms with E-state index < -0.39 is 0 Å². The third-order valence-corrected chi connectivity index (χ3v) is 5.86. The number of aryl methyl sites for hydroxylation is 1. The van der Waals surface area contributed by atoms with Crippen LogP contribution in [0.4, 0.5) is 11.5 Å². The smallest absolute Gasteiger partial charge is 0.263 e. The fourth-order valence-corrected chi connectivity index (χ4v) is 3.95. The van der Waals surface area contributed by atoms with Crippen molar-refractivity contribution < 1.29 is 9.53 Å². The molecule has 1 N–H and O–H groups in total. The molecule has 0 bridgehead atoms. The number of nitrogens with zero attached hydrogens (tertiary/aromatic N) is 3. The predicted octanol–water partition coefficient (Wildman–Crippen LogP) is 5.56. The van der Waals surface area contributed by atoms with Crippen LogP contribution in [0.15, 0.2) is 60.9 Å². The lowest BCUT2D eigenvalue weighted by Crippen LogP contribution is -2.38. The van der Waals surface area contributed by atoms with Gasteiger partial charge in [0.1, 0.15) is 5.75 Å². The van der Waals surface area contributed by atoms with E-state index in [1.165, 1.54) is 5.56 Å². The first-order chi connectivity index (χ1) is 15.5. The van der Waals surface area contributed by atoms with Crippen molar-refractivity contribution in [3.8, 4) is 11.6 Å². The number of anilines is 2. The topological polar surface area (TPSA) is 67.4 Å². The minimum Gasteiger partial charge on any atom is -0.436 e. The summed E-state index contributed by atoms with van der Waals surface area (Å²) in [5.74, 6) is 2.49. The van der Waals surface area contributed by atoms with Crippen LogP contribution in [-0.2, 0) is 4.79 Å². The van der Waals surface area contributed by atoms with Gasteiger partial charge in [0.25, 0.3) is 5.88 Å². The van der Waals surface area contributed by atoms with Gasteiger partial charge in [-0.1, -0.05) is 38.1 Å². The number of hydrogen-bond donors (Lipinski definition) is 1. The fraction of sp³-hybridized carbons (Fsp3) is 0.346. The predicted molar refractivity (Wildman–Crippen MR) is 127 cm³/mol. The molecule has 1 amide bonds. The van der Waals surface area contributed by atoms with Crippen LogP contribution in [0.2, 0.25) is 0 Å². The number of rotatable bonds is 6. The zero-order chi connectivity index (χ0) is 22.5. The highest BCUT2D eigenvalue weighted by Gasteiger charge is 2.27. The van der Waals surface area contributed by atoms with Gasteiger partial charge >= 0.3 is 0 Å². The molecular weight excluding hydrogens is 400 g/mol. The van der Waals surface area contributed by atoms with E-state index in [1.807, 2.05) is 43.3 Å². The van der Waals surface area contributed by atoms with Crippen LogP contribution in [-0.4, -0.2) is 29.0 Å². The molecule has 2 heterocycles. The van der Waals surface area contributed by atoms with E-state index in [2.05, 4.69) is 46.2 Å². The molecule has 1 fully saturated rings. The number of hydrogen-bond acceptors (Lipinski definition) is 5. The lowest BCUT2D eigenvalue weighted by atomic mass is 9.95. The Balaban J connectivity index is 1.37. The van der Waals surface area contributed by atoms with Crippen LogP contribution < -0.4 is 15.0 Å². The zero-order valence-corrected chi connectivity index (χ0v) is 18.9. The van der Waals surface area contributed by atoms with E-state index in [1.54, 1.807) is 12.4 Å². The Morgan fingerprint density at radius 3 is 2.47 bits per heavy atom. The lowest BCUT2D eigenvalue weighted by Gasteiger charge is -2.32. The van der Waals surface area contributed by atoms with Crippen LogP contribution in [0.3, 0.4) is 0 Å². The summed E-state index contributed by atoms with van der Waals surface area (Å²) in [7, 11) is 0. The van der Waals surface area contributed by atoms with Gasteiger partial charge in [-0.2, -0.15) is 0 Å². The first kappa shape index (κ1) is 21.8. The molecule has 32 heavy (non-hydrogen) atoms. The molecular formula is C26H30N4O2. The molecule has 0 unspecified atom stereocenters. The first-order valence-corrected chi connectivity index (χ1v) is 11.2. The highest BCUT2D eigenvalue weighted by molar-refractivity contribution is 5.92. The second kappa shape index (κ2) is 9.81. The van der Waals surface area contributed by atoms with Crippen molar-refractivity contribution in [3.05, 3.63) is 72.1 Å². The van der Waals surface area contributed by atoms with Crippen molar-refractivity contribution in [2.24, 2.45) is 5.92 Å². The number of amides is 1. The van der Waals surface area contributed by atoms with Crippen molar-refractivity contribution in [2.45, 2.75) is 39.5 Å². The van der Waals surface area contributed by atoms with Crippen molar-refractivity contribution in [2.75, 3.05) is 23.3 Å². The van der Waals surface area contributed by atoms with Crippen LogP contribution in [0.1, 0.15) is 43.7 Å². The number of piperidine rings is 1. The molecule has 2 aromatic carbocycles. The SMILES string of the molecule is Cc1cccc(Oc2nccnc2N2CCC(C(=O)Nc3ccc(C(C)C)cc3)CC2)c1. The summed E-state index contributed by atoms with van der Waals surface area (Å²) in [4.78, 5) is 23.9. The summed E-state index contributed by atoms with van der Waals surface area (Å²) in [6.45, 7) is 7.81. The second-order valence-electron chi connectivity index (χ2n) is 8.63. The Kier molecular flexibility index (Phi) is 6.69. The van der Waals surface area contributed by atoms with Crippen molar-refractivity contribution in [3.63, 3.8) is 0 Å². The third kappa shape index (κ3) is 5.25. The summed E-state index contributed by atoms with van der Waals surface area (Å²) in [5, 5.41) is 3.07. The molecule has 6 nitrogen and oxygen atoms in total. The fourth-order valence-electron chi connectivity index (χ4n) is 3.95. The van der Waals surface area contributed by atoms with Gasteiger partial charge in [-0.05, 0) is 61.1 Å². The van der Waals surface area contributed by atoms with Crippen LogP contribution >= 0.6 is 0 Å². The summed E-state index contributed by atoms with van der Waals surface area (Å²) in [6.07, 6.45) is 4.84. The lowest BCUT2D eigenvalue weighted by molar-refractivity contribution is -0.120. The average molecular weight is 431 g/mol. The van der Waals surface area contributed by atoms with Crippen LogP contribution in [0, 0.1) is 12.8 Å². The van der Waals surface area contributed by atoms with Gasteiger partial charge < -0.3 is 15.0 Å². The first-order valence-electron chi connectivity index (χ1n) is 11.2. The number of benzene rings is 2. The maximum Gasteiger partial charge on any atom is 0.263 e. The molecule has 1 aliphatic rings. The van der Waals surface area contributed by atoms with E-state index in [-0.39, 0.29) is 11.8 Å². The average Bonchev–Trinajstić information content (AvgIpc) is 2.80. The largest absolute Gasteiger partial charge is 0.436 e. The Hall–Kier alpha value is -3.41. The zero-order valence-electron chi connectivity index (χ0n) is 18.9. The molecule has 0 spiro atoms. The van der Waals surface area contributed by atoms with E-state index in [9.17, 15) is 4.79 Å². The van der Waals surface area contributed by atoms with Crippen molar-refractivity contribution >= 4 is 17.4 Å². The van der Waals surface area contributed by atoms with Crippen LogP contribution in [0.25, 0.3) is 0 Å². The van der Waals surface area contributed by atoms with Crippen LogP contribution in [0.5, 0.6) is 11.6 Å². The summed E-state index contributed by atoms with van der Waals surface area (Å²) < 4.78 is 6.03. The van der Waals surface area contributed by atoms with E-state index in [4.69, 9.17) is 4.74 Å². The summed E-state index contributed by atoms with van der Waals surface area (Å²) in [6, 6.07) is 16.0. The molecule has 1 aliphatic heterocycles. The molecule has 0 saturated carbocycles. The molecule has 0 aliphatic carbocycles. The quantitative estimate of drug-likeness (QED) is 0.555. The number of carbonyl (C=O) groups excluding carboxylic acids is 1. The normalized spacial score (nSPS) is 14.4. The highest BCUT2D eigenvalue weighted by atomic mass is 16.5. The highest BCUT2D eigenvalue weighted by Crippen LogP contribution is 2.31. The molecule has 4 rings (SSSR count). The molecule has 166 valence electrons. The maximum absolute atomic E-state index is 12.8. The van der Waals surface area contributed by atoms with E-state index in [0.717, 1.165) is 48.7 Å². The Labute approximate surface area is 189 Å². The van der Waals surface area contributed by atoms with E-state index in [0.29, 0.717) is 11.8 Å². The molecule has 3 aromatic rings. The van der Waals surface area contributed by atoms with Gasteiger partial charge in [0.05, 0.1) is 0 Å². The second-order valence-corrected chi connectivity index (χ2v) is 8.63. The van der Waals surface area contributed by atoms with Crippen molar-refractivity contribution in [1.29, 1.82) is 0 Å². The van der Waals surface area contributed by atoms with Gasteiger partial charge in [0, 0.05) is 37.1 Å². The number of ether oxygens (including phenoxy) is 1. The van der Waals surface area contributed by atoms with Gasteiger partial charge in [0.15, 0.2) is 5.82 Å². The standard InChI is InChI=1S/C26H30N4O2/c1-18(2)20-7-9-22(10-8-20)29-25(31)21-11-15-30(16-12-21)24-26(28-14-13-27-24)32-23-6-4-5-19(3)17-23/h4-10,13-14,17-18,21H,11-12,15-16H2,1-3H3,(H,29,31). The number of carbonyl (C=O) groups is 1. The summed E-state index contributed by atoms with van der Waals surface area (Å²) in [5.41, 5.74) is 3.24. The molecule has 1 saturated heterocycles. The number of nitrogens with one attached hydrogen (secondary N) is 1. The maximum atomic E-state index is 12.8. The summed E-state index contributed by atoms with van der Waals surface area (Å²) >= 11 is 0. The third-order valence-electron chi connectivity index (χ3n) is 5.86. The monoisotopic (exact) mass is 430 g/mol. The Morgan fingerprint density at radius 2 is 1.78 bits per heavy atom. The van der Waals surface area contributed by atoms with Crippen molar-refractivity contribution in [1.82, 2.24) is 9.97 Å². The molecule has 1 aromatic heterocycles. The van der Waals surface area contributed by atoms with Gasteiger partial charge in [0.2, 0.25) is 5.91 Å². The number of aromatic nitrogens is 2. The molecule has 0 atom stereocenters. The van der Waals surface area contributed by atoms with E-state index >= 15 is 0 Å². The Bertz CT molecular complexity index is 1060. The Morgan fingerprint density at radius 1 is 1.06 bits per heavy atom. The van der Waals surface area contributed by atoms with Gasteiger partial charge in [-0.25, -0.2) is 9.97 Å². The van der Waals surface area contributed by atoms with Gasteiger partial charge in [-0.15, -0.1) is 0 Å².